The molecule has 1 aromatic rings. The number of fused-ring (bicyclic) bond motifs is 1. The number of likely N-dealkylation sites (tertiary alicyclic amines) is 1. The highest BCUT2D eigenvalue weighted by Crippen LogP contribution is 2.49. The van der Waals surface area contributed by atoms with E-state index in [-0.39, 0.29) is 5.91 Å². The maximum atomic E-state index is 13.3. The van der Waals surface area contributed by atoms with Crippen molar-refractivity contribution < 1.29 is 14.0 Å². The third-order valence-corrected chi connectivity index (χ3v) is 5.97. The van der Waals surface area contributed by atoms with Gasteiger partial charge in [-0.05, 0) is 55.2 Å². The number of halogens is 1. The summed E-state index contributed by atoms with van der Waals surface area (Å²) in [4.78, 5) is 26.7. The van der Waals surface area contributed by atoms with Gasteiger partial charge >= 0.3 is 0 Å². The number of nitrogens with zero attached hydrogens (tertiary/aromatic N) is 1. The van der Waals surface area contributed by atoms with Gasteiger partial charge in [0, 0.05) is 30.6 Å². The molecule has 24 heavy (non-hydrogen) atoms. The van der Waals surface area contributed by atoms with Gasteiger partial charge in [-0.15, -0.1) is 0 Å². The van der Waals surface area contributed by atoms with Crippen LogP contribution in [-0.4, -0.2) is 35.3 Å². The molecule has 1 aliphatic heterocycles. The van der Waals surface area contributed by atoms with E-state index in [2.05, 4.69) is 17.1 Å². The van der Waals surface area contributed by atoms with Crippen LogP contribution in [0.2, 0.25) is 0 Å². The molecule has 0 bridgehead atoms. The van der Waals surface area contributed by atoms with E-state index >= 15 is 0 Å². The lowest BCUT2D eigenvalue weighted by atomic mass is 9.88. The number of carbonyl (C=O) groups excluding carboxylic acids is 2. The van der Waals surface area contributed by atoms with Crippen molar-refractivity contribution in [2.45, 2.75) is 44.7 Å². The molecule has 3 fully saturated rings. The zero-order valence-electron chi connectivity index (χ0n) is 13.9. The van der Waals surface area contributed by atoms with E-state index in [1.54, 1.807) is 12.1 Å². The van der Waals surface area contributed by atoms with E-state index in [9.17, 15) is 14.0 Å². The monoisotopic (exact) mass is 330 g/mol. The highest BCUT2D eigenvalue weighted by Gasteiger charge is 2.53. The summed E-state index contributed by atoms with van der Waals surface area (Å²) in [5.74, 6) is 0.802. The molecule has 4 atom stereocenters. The van der Waals surface area contributed by atoms with Crippen LogP contribution in [0.15, 0.2) is 24.3 Å². The van der Waals surface area contributed by atoms with Crippen LogP contribution in [0, 0.1) is 23.6 Å². The summed E-state index contributed by atoms with van der Waals surface area (Å²) in [5.41, 5.74) is 0.347. The van der Waals surface area contributed by atoms with E-state index < -0.39 is 5.82 Å². The van der Waals surface area contributed by atoms with Crippen molar-refractivity contribution in [2.24, 2.45) is 17.8 Å². The average Bonchev–Trinajstić information content (AvgIpc) is 3.26. The maximum Gasteiger partial charge on any atom is 0.251 e. The van der Waals surface area contributed by atoms with Crippen LogP contribution in [0.3, 0.4) is 0 Å². The first-order valence-corrected chi connectivity index (χ1v) is 8.89. The fourth-order valence-corrected chi connectivity index (χ4v) is 4.66. The van der Waals surface area contributed by atoms with Gasteiger partial charge in [-0.1, -0.05) is 13.0 Å². The van der Waals surface area contributed by atoms with Crippen LogP contribution in [0.4, 0.5) is 4.39 Å². The van der Waals surface area contributed by atoms with E-state index in [0.29, 0.717) is 54.3 Å². The quantitative estimate of drug-likeness (QED) is 0.922. The van der Waals surface area contributed by atoms with Gasteiger partial charge in [0.1, 0.15) is 5.82 Å². The standard InChI is InChI=1S/C19H23FN2O2/c1-11-7-17-15(9-18(23)22(17)14-5-6-14)16(11)10-21-19(24)12-3-2-4-13(20)8-12/h2-4,8,11,14-17H,5-7,9-10H2,1H3,(H,21,24)/t11-,15-,16+,17+/m0/s1. The van der Waals surface area contributed by atoms with Crippen molar-refractivity contribution in [3.05, 3.63) is 35.6 Å². The van der Waals surface area contributed by atoms with Crippen molar-refractivity contribution in [2.75, 3.05) is 6.54 Å². The normalized spacial score (nSPS) is 32.1. The molecule has 1 aromatic carbocycles. The van der Waals surface area contributed by atoms with Crippen LogP contribution in [-0.2, 0) is 4.79 Å². The molecule has 3 aliphatic rings. The summed E-state index contributed by atoms with van der Waals surface area (Å²) < 4.78 is 13.3. The third-order valence-electron chi connectivity index (χ3n) is 5.97. The molecule has 2 aliphatic carbocycles. The predicted octanol–water partition coefficient (Wildman–Crippen LogP) is 2.59. The van der Waals surface area contributed by atoms with Gasteiger partial charge in [-0.25, -0.2) is 4.39 Å². The summed E-state index contributed by atoms with van der Waals surface area (Å²) in [6.07, 6.45) is 3.94. The Labute approximate surface area is 141 Å². The van der Waals surface area contributed by atoms with Crippen LogP contribution in [0.1, 0.15) is 43.0 Å². The number of rotatable bonds is 4. The Bertz CT molecular complexity index is 673. The first kappa shape index (κ1) is 15.6. The molecular formula is C19H23FN2O2. The van der Waals surface area contributed by atoms with Gasteiger partial charge in [-0.3, -0.25) is 9.59 Å². The van der Waals surface area contributed by atoms with Crippen molar-refractivity contribution in [1.82, 2.24) is 10.2 Å². The number of nitrogens with one attached hydrogen (secondary N) is 1. The molecule has 0 spiro atoms. The van der Waals surface area contributed by atoms with E-state index in [1.807, 2.05) is 0 Å². The Morgan fingerprint density at radius 3 is 2.88 bits per heavy atom. The Balaban J connectivity index is 1.41. The number of hydrogen-bond acceptors (Lipinski definition) is 2. The van der Waals surface area contributed by atoms with Crippen LogP contribution in [0.25, 0.3) is 0 Å². The lowest BCUT2D eigenvalue weighted by Gasteiger charge is -2.24. The highest BCUT2D eigenvalue weighted by atomic mass is 19.1. The molecule has 2 amide bonds. The average molecular weight is 330 g/mol. The van der Waals surface area contributed by atoms with Crippen LogP contribution >= 0.6 is 0 Å². The van der Waals surface area contributed by atoms with E-state index in [0.717, 1.165) is 19.3 Å². The van der Waals surface area contributed by atoms with Crippen LogP contribution in [0.5, 0.6) is 0 Å². The molecule has 4 rings (SSSR count). The van der Waals surface area contributed by atoms with Crippen molar-refractivity contribution >= 4 is 11.8 Å². The fourth-order valence-electron chi connectivity index (χ4n) is 4.66. The zero-order chi connectivity index (χ0) is 16.8. The smallest absolute Gasteiger partial charge is 0.251 e. The Kier molecular flexibility index (Phi) is 3.82. The topological polar surface area (TPSA) is 49.4 Å². The fraction of sp³-hybridized carbons (Fsp3) is 0.579. The van der Waals surface area contributed by atoms with Gasteiger partial charge in [0.15, 0.2) is 0 Å². The molecule has 4 nitrogen and oxygen atoms in total. The molecule has 0 radical (unpaired) electrons. The molecule has 0 unspecified atom stereocenters. The molecule has 1 saturated heterocycles. The molecular weight excluding hydrogens is 307 g/mol. The minimum absolute atomic E-state index is 0.242. The summed E-state index contributed by atoms with van der Waals surface area (Å²) in [5, 5.41) is 2.95. The zero-order valence-corrected chi connectivity index (χ0v) is 13.9. The molecule has 2 saturated carbocycles. The first-order chi connectivity index (χ1) is 11.5. The second-order valence-corrected chi connectivity index (χ2v) is 7.56. The van der Waals surface area contributed by atoms with Crippen molar-refractivity contribution in [3.8, 4) is 0 Å². The van der Waals surface area contributed by atoms with Gasteiger partial charge in [-0.2, -0.15) is 0 Å². The Morgan fingerprint density at radius 2 is 2.17 bits per heavy atom. The van der Waals surface area contributed by atoms with E-state index in [4.69, 9.17) is 0 Å². The van der Waals surface area contributed by atoms with Crippen molar-refractivity contribution in [1.29, 1.82) is 0 Å². The molecule has 5 heteroatoms. The lowest BCUT2D eigenvalue weighted by Crippen LogP contribution is -2.36. The highest BCUT2D eigenvalue weighted by molar-refractivity contribution is 5.94. The van der Waals surface area contributed by atoms with E-state index in [1.165, 1.54) is 12.1 Å². The molecule has 1 heterocycles. The molecule has 1 N–H and O–H groups in total. The Morgan fingerprint density at radius 1 is 1.38 bits per heavy atom. The number of carbonyl (C=O) groups is 2. The number of amides is 2. The predicted molar refractivity (Wildman–Crippen MR) is 87.8 cm³/mol. The number of hydrogen-bond donors (Lipinski definition) is 1. The van der Waals surface area contributed by atoms with Gasteiger partial charge in [0.25, 0.3) is 5.91 Å². The summed E-state index contributed by atoms with van der Waals surface area (Å²) in [6, 6.07) is 6.58. The Hall–Kier alpha value is -1.91. The second-order valence-electron chi connectivity index (χ2n) is 7.56. The summed E-state index contributed by atoms with van der Waals surface area (Å²) in [6.45, 7) is 2.77. The van der Waals surface area contributed by atoms with Crippen molar-refractivity contribution in [3.63, 3.8) is 0 Å². The van der Waals surface area contributed by atoms with Gasteiger partial charge in [0.2, 0.25) is 5.91 Å². The maximum absolute atomic E-state index is 13.3. The third kappa shape index (κ3) is 2.70. The summed E-state index contributed by atoms with van der Waals surface area (Å²) >= 11 is 0. The molecule has 128 valence electrons. The minimum Gasteiger partial charge on any atom is -0.352 e. The number of benzene rings is 1. The SMILES string of the molecule is C[C@H]1C[C@@H]2[C@@H](CC(=O)N2C2CC2)[C@@H]1CNC(=O)c1cccc(F)c1. The van der Waals surface area contributed by atoms with Gasteiger partial charge in [0.05, 0.1) is 0 Å². The largest absolute Gasteiger partial charge is 0.352 e. The second kappa shape index (κ2) is 5.87. The minimum atomic E-state index is -0.404. The van der Waals surface area contributed by atoms with Crippen LogP contribution < -0.4 is 5.32 Å². The summed E-state index contributed by atoms with van der Waals surface area (Å²) in [7, 11) is 0. The lowest BCUT2D eigenvalue weighted by molar-refractivity contribution is -0.129. The first-order valence-electron chi connectivity index (χ1n) is 8.89. The van der Waals surface area contributed by atoms with Gasteiger partial charge < -0.3 is 10.2 Å². The molecule has 0 aromatic heterocycles.